The first kappa shape index (κ1) is 14.8. The van der Waals surface area contributed by atoms with E-state index in [1.807, 2.05) is 4.90 Å². The summed E-state index contributed by atoms with van der Waals surface area (Å²) in [4.78, 5) is 1.95. The van der Waals surface area contributed by atoms with E-state index in [-0.39, 0.29) is 17.0 Å². The van der Waals surface area contributed by atoms with Gasteiger partial charge < -0.3 is 20.5 Å². The highest BCUT2D eigenvalue weighted by Crippen LogP contribution is 2.42. The Bertz CT molecular complexity index is 485. The maximum atomic E-state index is 12.7. The van der Waals surface area contributed by atoms with Gasteiger partial charge in [-0.05, 0) is 25.0 Å². The van der Waals surface area contributed by atoms with Crippen LogP contribution in [-0.4, -0.2) is 31.5 Å². The van der Waals surface area contributed by atoms with Crippen LogP contribution in [0.3, 0.4) is 0 Å². The first-order chi connectivity index (χ1) is 9.34. The molecule has 0 spiro atoms. The number of aliphatic hydroxyl groups is 1. The van der Waals surface area contributed by atoms with Crippen LogP contribution in [0.5, 0.6) is 5.75 Å². The van der Waals surface area contributed by atoms with Crippen LogP contribution >= 0.6 is 0 Å². The summed E-state index contributed by atoms with van der Waals surface area (Å²) in [6.07, 6.45) is -5.39. The Morgan fingerprint density at radius 1 is 1.30 bits per heavy atom. The average Bonchev–Trinajstić information content (AvgIpc) is 2.89. The van der Waals surface area contributed by atoms with Crippen LogP contribution in [0.1, 0.15) is 24.5 Å². The fourth-order valence-electron chi connectivity index (χ4n) is 2.43. The SMILES string of the molecule is COc1c(N)cc(N2CCCC2)cc1C(O)C(F)(F)F. The minimum atomic E-state index is -4.76. The van der Waals surface area contributed by atoms with E-state index >= 15 is 0 Å². The number of aliphatic hydroxyl groups excluding tert-OH is 1. The molecule has 7 heteroatoms. The molecule has 1 aromatic carbocycles. The van der Waals surface area contributed by atoms with Crippen LogP contribution in [0.25, 0.3) is 0 Å². The highest BCUT2D eigenvalue weighted by atomic mass is 19.4. The molecular formula is C13H17F3N2O2. The molecule has 0 amide bonds. The van der Waals surface area contributed by atoms with Crippen molar-refractivity contribution in [3.63, 3.8) is 0 Å². The van der Waals surface area contributed by atoms with Gasteiger partial charge in [-0.25, -0.2) is 0 Å². The van der Waals surface area contributed by atoms with Crippen LogP contribution in [0, 0.1) is 0 Å². The number of ether oxygens (including phenoxy) is 1. The van der Waals surface area contributed by atoms with Crippen LogP contribution in [0.4, 0.5) is 24.5 Å². The minimum absolute atomic E-state index is 0.0928. The lowest BCUT2D eigenvalue weighted by molar-refractivity contribution is -0.207. The zero-order chi connectivity index (χ0) is 14.9. The van der Waals surface area contributed by atoms with Gasteiger partial charge in [-0.15, -0.1) is 0 Å². The Hall–Kier alpha value is -1.63. The van der Waals surface area contributed by atoms with E-state index in [9.17, 15) is 18.3 Å². The second kappa shape index (κ2) is 5.40. The first-order valence-electron chi connectivity index (χ1n) is 6.31. The summed E-state index contributed by atoms with van der Waals surface area (Å²) in [7, 11) is 1.23. The Morgan fingerprint density at radius 3 is 2.40 bits per heavy atom. The number of methoxy groups -OCH3 is 1. The molecule has 4 nitrogen and oxygen atoms in total. The van der Waals surface area contributed by atoms with Gasteiger partial charge in [0.05, 0.1) is 12.8 Å². The second-order valence-electron chi connectivity index (χ2n) is 4.80. The molecule has 0 saturated carbocycles. The second-order valence-corrected chi connectivity index (χ2v) is 4.80. The van der Waals surface area contributed by atoms with Gasteiger partial charge in [0, 0.05) is 24.3 Å². The number of nitrogen functional groups attached to an aromatic ring is 1. The standard InChI is InChI=1S/C13H17F3N2O2/c1-20-11-9(12(19)13(14,15)16)6-8(7-10(11)17)18-4-2-3-5-18/h6-7,12,19H,2-5,17H2,1H3. The van der Waals surface area contributed by atoms with Crippen molar-refractivity contribution in [3.05, 3.63) is 17.7 Å². The Morgan fingerprint density at radius 2 is 1.90 bits per heavy atom. The van der Waals surface area contributed by atoms with E-state index in [2.05, 4.69) is 0 Å². The van der Waals surface area contributed by atoms with Gasteiger partial charge in [0.25, 0.3) is 0 Å². The van der Waals surface area contributed by atoms with Gasteiger partial charge in [-0.2, -0.15) is 13.2 Å². The predicted molar refractivity (Wildman–Crippen MR) is 69.9 cm³/mol. The summed E-state index contributed by atoms with van der Waals surface area (Å²) in [6.45, 7) is 1.54. The number of alkyl halides is 3. The van der Waals surface area contributed by atoms with E-state index in [4.69, 9.17) is 10.5 Å². The molecule has 1 aliphatic heterocycles. The van der Waals surface area contributed by atoms with E-state index < -0.39 is 12.3 Å². The van der Waals surface area contributed by atoms with Crippen LogP contribution in [-0.2, 0) is 0 Å². The van der Waals surface area contributed by atoms with Crippen molar-refractivity contribution in [1.29, 1.82) is 0 Å². The molecule has 0 bridgehead atoms. The zero-order valence-corrected chi connectivity index (χ0v) is 11.1. The molecule has 20 heavy (non-hydrogen) atoms. The largest absolute Gasteiger partial charge is 0.494 e. The molecule has 112 valence electrons. The smallest absolute Gasteiger partial charge is 0.418 e. The summed E-state index contributed by atoms with van der Waals surface area (Å²) in [5.41, 5.74) is 6.08. The van der Waals surface area contributed by atoms with Gasteiger partial charge in [0.1, 0.15) is 5.75 Å². The monoisotopic (exact) mass is 290 g/mol. The van der Waals surface area contributed by atoms with Crippen molar-refractivity contribution in [3.8, 4) is 5.75 Å². The summed E-state index contributed by atoms with van der Waals surface area (Å²) in [5, 5.41) is 9.48. The highest BCUT2D eigenvalue weighted by molar-refractivity contribution is 5.67. The van der Waals surface area contributed by atoms with Crippen molar-refractivity contribution in [2.45, 2.75) is 25.1 Å². The number of nitrogens with zero attached hydrogens (tertiary/aromatic N) is 1. The number of anilines is 2. The molecule has 0 radical (unpaired) electrons. The van der Waals surface area contributed by atoms with Crippen molar-refractivity contribution >= 4 is 11.4 Å². The molecule has 1 unspecified atom stereocenters. The number of rotatable bonds is 3. The molecule has 1 saturated heterocycles. The topological polar surface area (TPSA) is 58.7 Å². The molecule has 0 aliphatic carbocycles. The van der Waals surface area contributed by atoms with Gasteiger partial charge in [-0.3, -0.25) is 0 Å². The number of benzene rings is 1. The number of hydrogen-bond acceptors (Lipinski definition) is 4. The number of nitrogens with two attached hydrogens (primary N) is 1. The molecule has 1 fully saturated rings. The Balaban J connectivity index is 2.46. The lowest BCUT2D eigenvalue weighted by atomic mass is 10.0. The number of hydrogen-bond donors (Lipinski definition) is 2. The molecule has 1 heterocycles. The summed E-state index contributed by atoms with van der Waals surface area (Å²) in [6, 6.07) is 2.88. The fourth-order valence-corrected chi connectivity index (χ4v) is 2.43. The maximum Gasteiger partial charge on any atom is 0.418 e. The van der Waals surface area contributed by atoms with Crippen LogP contribution in [0.2, 0.25) is 0 Å². The predicted octanol–water partition coefficient (Wildman–Crippen LogP) is 2.47. The molecular weight excluding hydrogens is 273 g/mol. The van der Waals surface area contributed by atoms with Gasteiger partial charge >= 0.3 is 6.18 Å². The van der Waals surface area contributed by atoms with Crippen molar-refractivity contribution in [2.24, 2.45) is 0 Å². The molecule has 1 aliphatic rings. The molecule has 1 atom stereocenters. The van der Waals surface area contributed by atoms with Crippen LogP contribution in [0.15, 0.2) is 12.1 Å². The third-order valence-corrected chi connectivity index (χ3v) is 3.41. The summed E-state index contributed by atoms with van der Waals surface area (Å²) < 4.78 is 43.1. The molecule has 2 rings (SSSR count). The molecule has 0 aromatic heterocycles. The Kier molecular flexibility index (Phi) is 3.99. The van der Waals surface area contributed by atoms with Crippen molar-refractivity contribution < 1.29 is 23.0 Å². The minimum Gasteiger partial charge on any atom is -0.494 e. The average molecular weight is 290 g/mol. The van der Waals surface area contributed by atoms with Gasteiger partial charge in [0.2, 0.25) is 0 Å². The lowest BCUT2D eigenvalue weighted by Crippen LogP contribution is -2.23. The van der Waals surface area contributed by atoms with Crippen molar-refractivity contribution in [2.75, 3.05) is 30.8 Å². The Labute approximate surface area is 114 Å². The van der Waals surface area contributed by atoms with E-state index in [1.54, 1.807) is 6.07 Å². The first-order valence-corrected chi connectivity index (χ1v) is 6.31. The molecule has 1 aromatic rings. The normalized spacial score (nSPS) is 17.4. The third-order valence-electron chi connectivity index (χ3n) is 3.41. The quantitative estimate of drug-likeness (QED) is 0.840. The molecule has 3 N–H and O–H groups in total. The van der Waals surface area contributed by atoms with Crippen LogP contribution < -0.4 is 15.4 Å². The number of halogens is 3. The van der Waals surface area contributed by atoms with Gasteiger partial charge in [0.15, 0.2) is 6.10 Å². The summed E-state index contributed by atoms with van der Waals surface area (Å²) in [5.74, 6) is -0.127. The highest BCUT2D eigenvalue weighted by Gasteiger charge is 2.41. The van der Waals surface area contributed by atoms with Gasteiger partial charge in [-0.1, -0.05) is 0 Å². The van der Waals surface area contributed by atoms with Crippen molar-refractivity contribution in [1.82, 2.24) is 0 Å². The van der Waals surface area contributed by atoms with E-state index in [0.717, 1.165) is 25.9 Å². The zero-order valence-electron chi connectivity index (χ0n) is 11.1. The summed E-state index contributed by atoms with van der Waals surface area (Å²) >= 11 is 0. The van der Waals surface area contributed by atoms with E-state index in [0.29, 0.717) is 5.69 Å². The van der Waals surface area contributed by atoms with E-state index in [1.165, 1.54) is 13.2 Å². The maximum absolute atomic E-state index is 12.7. The third kappa shape index (κ3) is 2.77. The fraction of sp³-hybridized carbons (Fsp3) is 0.538. The lowest BCUT2D eigenvalue weighted by Gasteiger charge is -2.24.